The van der Waals surface area contributed by atoms with Gasteiger partial charge in [-0.3, -0.25) is 0 Å². The van der Waals surface area contributed by atoms with Crippen molar-refractivity contribution >= 4 is 11.0 Å². The minimum absolute atomic E-state index is 0.0229. The second kappa shape index (κ2) is 7.83. The first kappa shape index (κ1) is 20.3. The van der Waals surface area contributed by atoms with E-state index in [1.54, 1.807) is 47.0 Å². The Kier molecular flexibility index (Phi) is 4.97. The van der Waals surface area contributed by atoms with Crippen LogP contribution in [0.3, 0.4) is 0 Å². The van der Waals surface area contributed by atoms with Crippen LogP contribution in [-0.2, 0) is 0 Å². The van der Waals surface area contributed by atoms with Crippen LogP contribution in [0, 0.1) is 5.82 Å². The van der Waals surface area contributed by atoms with Crippen molar-refractivity contribution in [2.75, 3.05) is 7.11 Å². The molecule has 0 saturated carbocycles. The van der Waals surface area contributed by atoms with Gasteiger partial charge < -0.3 is 19.1 Å². The molecule has 0 radical (unpaired) electrons. The summed E-state index contributed by atoms with van der Waals surface area (Å²) in [6.07, 6.45) is 0.690. The average molecular weight is 441 g/mol. The number of nitrogens with zero attached hydrogens (tertiary/aromatic N) is 3. The summed E-state index contributed by atoms with van der Waals surface area (Å²) in [6.45, 7) is -3.01. The molecule has 0 aliphatic carbocycles. The summed E-state index contributed by atoms with van der Waals surface area (Å²) in [4.78, 5) is 8.54. The van der Waals surface area contributed by atoms with Crippen LogP contribution in [0.15, 0.2) is 54.7 Å². The van der Waals surface area contributed by atoms with Gasteiger partial charge in [0.05, 0.1) is 18.7 Å². The van der Waals surface area contributed by atoms with E-state index in [1.165, 1.54) is 19.4 Å². The number of aliphatic hydroxyl groups is 1. The number of hydrogen-bond acceptors (Lipinski definition) is 5. The Hall–Kier alpha value is -3.59. The second-order valence-corrected chi connectivity index (χ2v) is 7.41. The summed E-state index contributed by atoms with van der Waals surface area (Å²) in [7, 11) is 1.49. The molecular formula is C23H18F3N3O3. The number of aromatic nitrogens is 3. The van der Waals surface area contributed by atoms with E-state index >= 15 is 4.39 Å². The molecule has 4 aromatic rings. The number of pyridine rings is 1. The quantitative estimate of drug-likeness (QED) is 0.478. The molecule has 0 saturated heterocycles. The van der Waals surface area contributed by atoms with Gasteiger partial charge in [0.1, 0.15) is 23.2 Å². The molecule has 6 nitrogen and oxygen atoms in total. The Morgan fingerprint density at radius 2 is 1.94 bits per heavy atom. The maximum atomic E-state index is 15.8. The Morgan fingerprint density at radius 3 is 2.66 bits per heavy atom. The van der Waals surface area contributed by atoms with E-state index in [2.05, 4.69) is 14.7 Å². The van der Waals surface area contributed by atoms with Gasteiger partial charge in [0.25, 0.3) is 0 Å². The fourth-order valence-corrected chi connectivity index (χ4v) is 4.25. The SMILES string of the molecule is COc1ccc(-c2ccc3nc4n(c3c2F)C(c2ccccc2OC(F)F)CC4O)cn1. The predicted octanol–water partition coefficient (Wildman–Crippen LogP) is 4.87. The predicted molar refractivity (Wildman–Crippen MR) is 110 cm³/mol. The Labute approximate surface area is 180 Å². The number of fused-ring (bicyclic) bond motifs is 3. The third-order valence-electron chi connectivity index (χ3n) is 5.62. The van der Waals surface area contributed by atoms with Gasteiger partial charge in [0.15, 0.2) is 5.82 Å². The first-order valence-electron chi connectivity index (χ1n) is 9.90. The minimum Gasteiger partial charge on any atom is -0.481 e. The number of aliphatic hydroxyl groups excluding tert-OH is 1. The lowest BCUT2D eigenvalue weighted by Crippen LogP contribution is -2.11. The first-order valence-corrected chi connectivity index (χ1v) is 9.90. The topological polar surface area (TPSA) is 69.4 Å². The highest BCUT2D eigenvalue weighted by molar-refractivity contribution is 5.84. The molecule has 32 heavy (non-hydrogen) atoms. The fraction of sp³-hybridized carbons (Fsp3) is 0.217. The molecule has 2 atom stereocenters. The Bertz CT molecular complexity index is 1290. The second-order valence-electron chi connectivity index (χ2n) is 7.41. The normalized spacial score (nSPS) is 17.7. The molecule has 0 fully saturated rings. The lowest BCUT2D eigenvalue weighted by Gasteiger charge is -2.19. The van der Waals surface area contributed by atoms with E-state index < -0.39 is 24.6 Å². The Morgan fingerprint density at radius 1 is 1.12 bits per heavy atom. The van der Waals surface area contributed by atoms with Crippen LogP contribution < -0.4 is 9.47 Å². The van der Waals surface area contributed by atoms with Crippen molar-refractivity contribution in [2.24, 2.45) is 0 Å². The zero-order valence-electron chi connectivity index (χ0n) is 16.9. The highest BCUT2D eigenvalue weighted by atomic mass is 19.3. The standard InChI is InChI=1S/C23H18F3N3O3/c1-31-19-9-6-12(11-27-19)13-7-8-15-21(20(13)24)29-16(10-17(30)22(29)28-15)14-4-2-3-5-18(14)32-23(25)26/h2-9,11,16-17,23,30H,10H2,1H3. The van der Waals surface area contributed by atoms with E-state index in [0.29, 0.717) is 28.1 Å². The fourth-order valence-electron chi connectivity index (χ4n) is 4.25. The zero-order chi connectivity index (χ0) is 22.4. The molecular weight excluding hydrogens is 423 g/mol. The van der Waals surface area contributed by atoms with Crippen molar-refractivity contribution in [3.05, 3.63) is 71.9 Å². The number of benzene rings is 2. The maximum Gasteiger partial charge on any atom is 0.387 e. The molecule has 9 heteroatoms. The van der Waals surface area contributed by atoms with Crippen LogP contribution in [0.4, 0.5) is 13.2 Å². The van der Waals surface area contributed by atoms with E-state index in [0.717, 1.165) is 0 Å². The van der Waals surface area contributed by atoms with Crippen LogP contribution in [0.25, 0.3) is 22.2 Å². The van der Waals surface area contributed by atoms with E-state index in [1.807, 2.05) is 0 Å². The van der Waals surface area contributed by atoms with Gasteiger partial charge >= 0.3 is 6.61 Å². The molecule has 2 aromatic carbocycles. The van der Waals surface area contributed by atoms with E-state index in [4.69, 9.17) is 4.74 Å². The summed E-state index contributed by atoms with van der Waals surface area (Å²) < 4.78 is 53.0. The van der Waals surface area contributed by atoms with Gasteiger partial charge in [-0.1, -0.05) is 18.2 Å². The van der Waals surface area contributed by atoms with Crippen molar-refractivity contribution in [3.63, 3.8) is 0 Å². The maximum absolute atomic E-state index is 15.8. The average Bonchev–Trinajstić information content (AvgIpc) is 3.32. The molecule has 3 heterocycles. The molecule has 5 rings (SSSR count). The lowest BCUT2D eigenvalue weighted by atomic mass is 10.0. The van der Waals surface area contributed by atoms with Gasteiger partial charge in [-0.15, -0.1) is 0 Å². The van der Waals surface area contributed by atoms with E-state index in [9.17, 15) is 13.9 Å². The number of rotatable bonds is 5. The number of para-hydroxylation sites is 1. The number of hydrogen-bond donors (Lipinski definition) is 1. The summed E-state index contributed by atoms with van der Waals surface area (Å²) in [5.74, 6) is 0.116. The molecule has 0 amide bonds. The van der Waals surface area contributed by atoms with Crippen LogP contribution >= 0.6 is 0 Å². The summed E-state index contributed by atoms with van der Waals surface area (Å²) in [6, 6.07) is 12.3. The smallest absolute Gasteiger partial charge is 0.387 e. The van der Waals surface area contributed by atoms with Crippen LogP contribution in [0.2, 0.25) is 0 Å². The van der Waals surface area contributed by atoms with Crippen LogP contribution in [0.1, 0.15) is 30.0 Å². The number of imidazole rings is 1. The van der Waals surface area contributed by atoms with Crippen molar-refractivity contribution in [1.29, 1.82) is 0 Å². The monoisotopic (exact) mass is 441 g/mol. The highest BCUT2D eigenvalue weighted by Crippen LogP contribution is 2.45. The summed E-state index contributed by atoms with van der Waals surface area (Å²) >= 11 is 0. The Balaban J connectivity index is 1.68. The molecule has 0 spiro atoms. The summed E-state index contributed by atoms with van der Waals surface area (Å²) in [5, 5.41) is 10.6. The largest absolute Gasteiger partial charge is 0.481 e. The molecule has 164 valence electrons. The molecule has 2 unspecified atom stereocenters. The molecule has 0 bridgehead atoms. The highest BCUT2D eigenvalue weighted by Gasteiger charge is 2.37. The number of halogens is 3. The van der Waals surface area contributed by atoms with Crippen LogP contribution in [0.5, 0.6) is 11.6 Å². The molecule has 1 aliphatic rings. The molecule has 1 N–H and O–H groups in total. The van der Waals surface area contributed by atoms with Crippen molar-refractivity contribution in [2.45, 2.75) is 25.2 Å². The van der Waals surface area contributed by atoms with Crippen LogP contribution in [-0.4, -0.2) is 33.4 Å². The molecule has 2 aromatic heterocycles. The minimum atomic E-state index is -3.01. The van der Waals surface area contributed by atoms with Gasteiger partial charge in [-0.2, -0.15) is 8.78 Å². The van der Waals surface area contributed by atoms with Crippen molar-refractivity contribution < 1.29 is 27.8 Å². The number of methoxy groups -OCH3 is 1. The zero-order valence-corrected chi connectivity index (χ0v) is 16.9. The van der Waals surface area contributed by atoms with Gasteiger partial charge in [-0.25, -0.2) is 14.4 Å². The summed E-state index contributed by atoms with van der Waals surface area (Å²) in [5.41, 5.74) is 1.80. The first-order chi connectivity index (χ1) is 15.5. The van der Waals surface area contributed by atoms with Gasteiger partial charge in [0.2, 0.25) is 5.88 Å². The molecule has 1 aliphatic heterocycles. The lowest BCUT2D eigenvalue weighted by molar-refractivity contribution is -0.0507. The van der Waals surface area contributed by atoms with Crippen molar-refractivity contribution in [3.8, 4) is 22.8 Å². The van der Waals surface area contributed by atoms with Crippen molar-refractivity contribution in [1.82, 2.24) is 14.5 Å². The van der Waals surface area contributed by atoms with Gasteiger partial charge in [-0.05, 0) is 24.3 Å². The third-order valence-corrected chi connectivity index (χ3v) is 5.62. The number of ether oxygens (including phenoxy) is 2. The van der Waals surface area contributed by atoms with Gasteiger partial charge in [0, 0.05) is 35.4 Å². The number of alkyl halides is 2. The van der Waals surface area contributed by atoms with E-state index in [-0.39, 0.29) is 23.5 Å². The third kappa shape index (κ3) is 3.25.